The second-order valence-corrected chi connectivity index (χ2v) is 16.4. The molecule has 2 saturated carbocycles. The molecule has 0 aliphatic heterocycles. The number of benzene rings is 6. The maximum atomic E-state index is 6.14. The van der Waals surface area contributed by atoms with Crippen molar-refractivity contribution in [3.8, 4) is 44.5 Å². The van der Waals surface area contributed by atoms with Crippen molar-refractivity contribution in [2.75, 3.05) is 0 Å². The van der Waals surface area contributed by atoms with Gasteiger partial charge in [-0.3, -0.25) is 0 Å². The van der Waals surface area contributed by atoms with Crippen molar-refractivity contribution < 1.29 is 61.1 Å². The zero-order chi connectivity index (χ0) is 38.3. The first-order valence-electron chi connectivity index (χ1n) is 19.5. The molecule has 2 fully saturated rings. The molecule has 0 amide bonds. The number of rotatable bonds is 6. The fraction of sp³-hybridized carbons (Fsp3) is 0.160. The van der Waals surface area contributed by atoms with Crippen molar-refractivity contribution in [2.45, 2.75) is 49.6 Å². The lowest BCUT2D eigenvalue weighted by Crippen LogP contribution is -3.00. The summed E-state index contributed by atoms with van der Waals surface area (Å²) < 4.78 is 0. The molecule has 0 saturated heterocycles. The van der Waals surface area contributed by atoms with E-state index in [2.05, 4.69) is 143 Å². The van der Waals surface area contributed by atoms with Gasteiger partial charge in [-0.1, -0.05) is 132 Å². The lowest BCUT2D eigenvalue weighted by molar-refractivity contribution is -0.510. The van der Waals surface area contributed by atoms with Gasteiger partial charge in [-0.2, -0.15) is 0 Å². The Kier molecular flexibility index (Phi) is 15.4. The summed E-state index contributed by atoms with van der Waals surface area (Å²) >= 11 is 12.3. The molecule has 2 aromatic heterocycles. The molecule has 6 N–H and O–H groups in total. The van der Waals surface area contributed by atoms with Crippen LogP contribution in [0.15, 0.2) is 158 Å². The predicted molar refractivity (Wildman–Crippen MR) is 232 cm³/mol. The Morgan fingerprint density at radius 3 is 1.28 bits per heavy atom. The van der Waals surface area contributed by atoms with Crippen LogP contribution in [0.2, 0.25) is 10.3 Å². The minimum atomic E-state index is 0. The van der Waals surface area contributed by atoms with Crippen LogP contribution in [0.5, 0.6) is 0 Å². The van der Waals surface area contributed by atoms with Crippen LogP contribution in [-0.4, -0.2) is 9.97 Å². The van der Waals surface area contributed by atoms with E-state index in [-0.39, 0.29) is 60.7 Å². The van der Waals surface area contributed by atoms with Gasteiger partial charge in [-0.05, 0) is 105 Å². The normalized spacial score (nSPS) is 14.3. The highest BCUT2D eigenvalue weighted by molar-refractivity contribution is 6.30. The van der Waals surface area contributed by atoms with Gasteiger partial charge in [0.2, 0.25) is 0 Å². The summed E-state index contributed by atoms with van der Waals surface area (Å²) in [6.45, 7) is 0. The quantitative estimate of drug-likeness (QED) is 0.225. The van der Waals surface area contributed by atoms with E-state index in [4.69, 9.17) is 23.2 Å². The second kappa shape index (κ2) is 19.7. The van der Waals surface area contributed by atoms with E-state index in [0.29, 0.717) is 10.3 Å². The summed E-state index contributed by atoms with van der Waals surface area (Å²) in [4.78, 5) is 8.79. The monoisotopic (exact) mass is 910 g/mol. The van der Waals surface area contributed by atoms with E-state index in [9.17, 15) is 0 Å². The van der Waals surface area contributed by atoms with Gasteiger partial charge in [0.25, 0.3) is 0 Å². The topological polar surface area (TPSA) is 81.1 Å². The second-order valence-electron chi connectivity index (χ2n) is 15.6. The Hall–Kier alpha value is -4.20. The average Bonchev–Trinajstić information content (AvgIpc) is 3.22. The van der Waals surface area contributed by atoms with Gasteiger partial charge >= 0.3 is 0 Å². The van der Waals surface area contributed by atoms with Crippen molar-refractivity contribution in [1.82, 2.24) is 9.97 Å². The summed E-state index contributed by atoms with van der Waals surface area (Å²) in [7, 11) is 0. The molecule has 0 unspecified atom stereocenters. The van der Waals surface area contributed by atoms with Crippen LogP contribution in [0.25, 0.3) is 66.2 Å². The van der Waals surface area contributed by atoms with Gasteiger partial charge in [-0.15, -0.1) is 0 Å². The molecule has 0 spiro atoms. The molecule has 2 heterocycles. The van der Waals surface area contributed by atoms with Crippen LogP contribution >= 0.6 is 23.2 Å². The summed E-state index contributed by atoms with van der Waals surface area (Å²) in [6, 6.07) is 53.5. The molecule has 0 radical (unpaired) electrons. The molecule has 8 aromatic rings. The standard InChI is InChI=1S/2C25H21ClN2.4ClH/c26-24-12-9-19-15-21(18-7-10-20(11-8-18)25(27)13-4-14-25)22(16-23(19)28-24)17-5-2-1-3-6-17;26-24-15-19-13-22(17-5-2-1-3-6-17)23(14-20(19)16-28-24)18-7-9-21(10-8-18)25(27)11-4-12-25;;;;/h1-3,5-12,15-16H,4,13-14,27H2;1-3,5-10,13-16H,4,11-12,27H2;4*1H/p-2. The van der Waals surface area contributed by atoms with E-state index in [1.165, 1.54) is 94.2 Å². The molecule has 10 heteroatoms. The smallest absolute Gasteiger partial charge is 0.129 e. The van der Waals surface area contributed by atoms with Crippen LogP contribution < -0.4 is 61.1 Å². The zero-order valence-corrected chi connectivity index (χ0v) is 37.4. The number of fused-ring (bicyclic) bond motifs is 2. The van der Waals surface area contributed by atoms with Crippen LogP contribution in [0.1, 0.15) is 49.7 Å². The van der Waals surface area contributed by atoms with E-state index in [1.54, 1.807) is 0 Å². The Labute approximate surface area is 386 Å². The zero-order valence-electron chi connectivity index (χ0n) is 32.8. The Morgan fingerprint density at radius 2 is 0.833 bits per heavy atom. The van der Waals surface area contributed by atoms with Crippen molar-refractivity contribution in [3.63, 3.8) is 0 Å². The minimum absolute atomic E-state index is 0. The van der Waals surface area contributed by atoms with Crippen molar-refractivity contribution in [1.29, 1.82) is 0 Å². The maximum absolute atomic E-state index is 6.14. The Bertz CT molecular complexity index is 2500. The van der Waals surface area contributed by atoms with Gasteiger partial charge in [0.1, 0.15) is 21.4 Å². The van der Waals surface area contributed by atoms with E-state index < -0.39 is 0 Å². The molecule has 10 rings (SSSR count). The molecule has 0 atom stereocenters. The van der Waals surface area contributed by atoms with Crippen molar-refractivity contribution in [3.05, 3.63) is 179 Å². The largest absolute Gasteiger partial charge is 1.00 e. The van der Waals surface area contributed by atoms with Gasteiger partial charge < -0.3 is 61.1 Å². The van der Waals surface area contributed by atoms with Crippen LogP contribution in [0, 0.1) is 0 Å². The number of hydrogen-bond donors (Lipinski definition) is 2. The lowest BCUT2D eigenvalue weighted by Gasteiger charge is -2.34. The third-order valence-electron chi connectivity index (χ3n) is 12.0. The molecule has 60 heavy (non-hydrogen) atoms. The van der Waals surface area contributed by atoms with Gasteiger partial charge in [0.05, 0.1) is 5.52 Å². The molecule has 0 bridgehead atoms. The van der Waals surface area contributed by atoms with Crippen LogP contribution in [0.4, 0.5) is 0 Å². The first-order chi connectivity index (χ1) is 27.2. The highest BCUT2D eigenvalue weighted by Crippen LogP contribution is 2.41. The molecule has 6 aromatic carbocycles. The Morgan fingerprint density at radius 1 is 0.417 bits per heavy atom. The summed E-state index contributed by atoms with van der Waals surface area (Å²) in [5.74, 6) is 0. The number of halogens is 6. The highest BCUT2D eigenvalue weighted by atomic mass is 35.5. The number of pyridine rings is 2. The molecule has 2 aliphatic carbocycles. The first kappa shape index (κ1) is 46.9. The molecule has 2 aliphatic rings. The van der Waals surface area contributed by atoms with E-state index >= 15 is 0 Å². The highest BCUT2D eigenvalue weighted by Gasteiger charge is 2.39. The average molecular weight is 914 g/mol. The summed E-state index contributed by atoms with van der Waals surface area (Å²) in [5.41, 5.74) is 22.3. The van der Waals surface area contributed by atoms with Gasteiger partial charge in [0, 0.05) is 53.8 Å². The summed E-state index contributed by atoms with van der Waals surface area (Å²) in [6.07, 6.45) is 9.15. The fourth-order valence-corrected chi connectivity index (χ4v) is 8.62. The molecular weight excluding hydrogens is 869 g/mol. The number of hydrogen-bond acceptors (Lipinski definition) is 2. The molecule has 308 valence electrons. The number of nitrogens with zero attached hydrogens (tertiary/aromatic N) is 2. The SMILES string of the molecule is [Cl-].[Cl-].[Cl-].[Cl-].[NH3+]C1(c2ccc(-c3cc4ccc(Cl)nc4cc3-c3ccccc3)cc2)CCC1.[NH3+]C1(c2ccc(-c3cc4cnc(Cl)cc4cc3-c3ccccc3)cc2)CCC1. The van der Waals surface area contributed by atoms with E-state index in [0.717, 1.165) is 21.7 Å². The van der Waals surface area contributed by atoms with Crippen LogP contribution in [-0.2, 0) is 11.1 Å². The third kappa shape index (κ3) is 9.48. The van der Waals surface area contributed by atoms with Gasteiger partial charge in [0.15, 0.2) is 0 Å². The maximum Gasteiger partial charge on any atom is 0.129 e. The Balaban J connectivity index is 0.000000213. The lowest BCUT2D eigenvalue weighted by atomic mass is 9.72. The van der Waals surface area contributed by atoms with Crippen LogP contribution in [0.3, 0.4) is 0 Å². The third-order valence-corrected chi connectivity index (χ3v) is 12.4. The van der Waals surface area contributed by atoms with E-state index in [1.807, 2.05) is 36.5 Å². The summed E-state index contributed by atoms with van der Waals surface area (Å²) in [5, 5.41) is 4.33. The molecule has 4 nitrogen and oxygen atoms in total. The molecular formula is C50H44Cl6N4-2. The first-order valence-corrected chi connectivity index (χ1v) is 20.2. The van der Waals surface area contributed by atoms with Crippen molar-refractivity contribution in [2.24, 2.45) is 0 Å². The fourth-order valence-electron chi connectivity index (χ4n) is 8.29. The number of quaternary nitrogens is 2. The number of aromatic nitrogens is 2. The van der Waals surface area contributed by atoms with Crippen molar-refractivity contribution >= 4 is 44.9 Å². The minimum Gasteiger partial charge on any atom is -1.00 e. The predicted octanol–water partition coefficient (Wildman–Crippen LogP) is -0.297. The van der Waals surface area contributed by atoms with Gasteiger partial charge in [-0.25, -0.2) is 9.97 Å².